The summed E-state index contributed by atoms with van der Waals surface area (Å²) >= 11 is 0. The summed E-state index contributed by atoms with van der Waals surface area (Å²) in [6.45, 7) is 2.79. The number of rotatable bonds is 7. The van der Waals surface area contributed by atoms with Gasteiger partial charge in [0.15, 0.2) is 0 Å². The first-order valence-electron chi connectivity index (χ1n) is 11.4. The molecule has 0 saturated heterocycles. The van der Waals surface area contributed by atoms with Crippen LogP contribution in [-0.4, -0.2) is 11.6 Å². The van der Waals surface area contributed by atoms with Crippen molar-refractivity contribution in [3.8, 4) is 0 Å². The lowest BCUT2D eigenvalue weighted by Crippen LogP contribution is -2.34. The highest BCUT2D eigenvalue weighted by Crippen LogP contribution is 2.41. The molecule has 0 unspecified atom stereocenters. The van der Waals surface area contributed by atoms with E-state index in [1.54, 1.807) is 0 Å². The zero-order valence-electron chi connectivity index (χ0n) is 18.8. The molecule has 0 aliphatic heterocycles. The zero-order chi connectivity index (χ0) is 22.5. The second kappa shape index (κ2) is 9.40. The van der Waals surface area contributed by atoms with Gasteiger partial charge in [0.25, 0.3) is 0 Å². The molecule has 0 fully saturated rings. The van der Waals surface area contributed by atoms with Gasteiger partial charge in [0.05, 0.1) is 12.1 Å². The van der Waals surface area contributed by atoms with Gasteiger partial charge >= 0.3 is 0 Å². The summed E-state index contributed by atoms with van der Waals surface area (Å²) in [6.07, 6.45) is 1.90. The normalized spacial score (nSPS) is 12.5. The fourth-order valence-corrected chi connectivity index (χ4v) is 4.66. The molecule has 1 heterocycles. The summed E-state index contributed by atoms with van der Waals surface area (Å²) in [7, 11) is 0. The maximum atomic E-state index is 7.03. The number of benzene rings is 4. The highest BCUT2D eigenvalue weighted by Gasteiger charge is 2.38. The second-order valence-electron chi connectivity index (χ2n) is 8.41. The quantitative estimate of drug-likeness (QED) is 0.252. The molecule has 1 aromatic heterocycles. The Bertz CT molecular complexity index is 1210. The van der Waals surface area contributed by atoms with Gasteiger partial charge in [0.2, 0.25) is 0 Å². The van der Waals surface area contributed by atoms with Crippen molar-refractivity contribution in [3.63, 3.8) is 0 Å². The topological polar surface area (TPSA) is 22.1 Å². The second-order valence-corrected chi connectivity index (χ2v) is 8.41. The zero-order valence-corrected chi connectivity index (χ0v) is 18.8. The Morgan fingerprint density at radius 3 is 1.67 bits per heavy atom. The molecular weight excluding hydrogens is 402 g/mol. The van der Waals surface area contributed by atoms with Crippen molar-refractivity contribution in [1.82, 2.24) is 4.98 Å². The largest absolute Gasteiger partial charge is 0.360 e. The van der Waals surface area contributed by atoms with Crippen molar-refractivity contribution in [2.75, 3.05) is 6.61 Å². The molecule has 0 amide bonds. The fourth-order valence-electron chi connectivity index (χ4n) is 4.66. The Morgan fingerprint density at radius 1 is 0.636 bits per heavy atom. The molecular formula is C31H27NO. The Balaban J connectivity index is 1.61. The molecule has 0 saturated carbocycles. The Kier molecular flexibility index (Phi) is 6.01. The minimum atomic E-state index is -0.707. The Morgan fingerprint density at radius 2 is 1.12 bits per heavy atom. The molecule has 33 heavy (non-hydrogen) atoms. The number of ether oxygens (including phenoxy) is 1. The molecule has 5 rings (SSSR count). The van der Waals surface area contributed by atoms with Gasteiger partial charge in [0.1, 0.15) is 5.60 Å². The van der Waals surface area contributed by atoms with Crippen LogP contribution in [0.4, 0.5) is 0 Å². The third-order valence-corrected chi connectivity index (χ3v) is 6.30. The standard InChI is InChI=1S/C31H27NO/c1-24(28-21-22-32-30-20-12-11-19-29(28)30)23-33-31(25-13-5-2-6-14-25,26-15-7-3-8-16-26)27-17-9-4-10-18-27/h2-22,24H,23H2,1H3/t24-/m0/s1. The van der Waals surface area contributed by atoms with E-state index in [2.05, 4.69) is 127 Å². The van der Waals surface area contributed by atoms with Gasteiger partial charge in [-0.25, -0.2) is 0 Å². The summed E-state index contributed by atoms with van der Waals surface area (Å²) in [5, 5.41) is 1.18. The molecule has 4 aromatic carbocycles. The van der Waals surface area contributed by atoms with E-state index in [9.17, 15) is 0 Å². The molecule has 0 spiro atoms. The van der Waals surface area contributed by atoms with Gasteiger partial charge in [-0.3, -0.25) is 4.98 Å². The van der Waals surface area contributed by atoms with Crippen LogP contribution in [0, 0.1) is 0 Å². The number of nitrogens with zero attached hydrogens (tertiary/aromatic N) is 1. The number of para-hydroxylation sites is 1. The van der Waals surface area contributed by atoms with Gasteiger partial charge in [-0.2, -0.15) is 0 Å². The van der Waals surface area contributed by atoms with Gasteiger partial charge in [0, 0.05) is 17.5 Å². The smallest absolute Gasteiger partial charge is 0.143 e. The molecule has 5 aromatic rings. The van der Waals surface area contributed by atoms with E-state index < -0.39 is 5.60 Å². The molecule has 0 aliphatic carbocycles. The number of fused-ring (bicyclic) bond motifs is 1. The molecule has 2 nitrogen and oxygen atoms in total. The molecule has 162 valence electrons. The average Bonchev–Trinajstić information content (AvgIpc) is 2.90. The van der Waals surface area contributed by atoms with Crippen molar-refractivity contribution in [1.29, 1.82) is 0 Å². The first-order valence-corrected chi connectivity index (χ1v) is 11.4. The van der Waals surface area contributed by atoms with E-state index in [0.717, 1.165) is 22.2 Å². The summed E-state index contributed by atoms with van der Waals surface area (Å²) in [5.41, 5.74) is 4.92. The molecule has 0 aliphatic rings. The van der Waals surface area contributed by atoms with Crippen molar-refractivity contribution < 1.29 is 4.74 Å². The molecule has 0 N–H and O–H groups in total. The van der Waals surface area contributed by atoms with Crippen LogP contribution >= 0.6 is 0 Å². The van der Waals surface area contributed by atoms with E-state index in [1.165, 1.54) is 10.9 Å². The number of hydrogen-bond donors (Lipinski definition) is 0. The Labute approximate surface area is 195 Å². The predicted octanol–water partition coefficient (Wildman–Crippen LogP) is 7.35. The number of aromatic nitrogens is 1. The SMILES string of the molecule is C[C@@H](COC(c1ccccc1)(c1ccccc1)c1ccccc1)c1ccnc2ccccc12. The highest BCUT2D eigenvalue weighted by atomic mass is 16.5. The molecule has 1 atom stereocenters. The van der Waals surface area contributed by atoms with Crippen LogP contribution in [0.15, 0.2) is 128 Å². The van der Waals surface area contributed by atoms with E-state index in [4.69, 9.17) is 4.74 Å². The summed E-state index contributed by atoms with van der Waals surface area (Å²) < 4.78 is 7.03. The van der Waals surface area contributed by atoms with Gasteiger partial charge in [-0.15, -0.1) is 0 Å². The van der Waals surface area contributed by atoms with Gasteiger partial charge in [-0.05, 0) is 34.4 Å². The molecule has 2 heteroatoms. The fraction of sp³-hybridized carbons (Fsp3) is 0.129. The van der Waals surface area contributed by atoms with E-state index in [-0.39, 0.29) is 5.92 Å². The lowest BCUT2D eigenvalue weighted by Gasteiger charge is -2.37. The van der Waals surface area contributed by atoms with Crippen molar-refractivity contribution in [3.05, 3.63) is 150 Å². The highest BCUT2D eigenvalue weighted by molar-refractivity contribution is 5.82. The maximum absolute atomic E-state index is 7.03. The molecule has 0 radical (unpaired) electrons. The molecule has 0 bridgehead atoms. The minimum Gasteiger partial charge on any atom is -0.360 e. The van der Waals surface area contributed by atoms with Crippen LogP contribution in [0.25, 0.3) is 10.9 Å². The van der Waals surface area contributed by atoms with Crippen LogP contribution in [0.2, 0.25) is 0 Å². The first kappa shape index (κ1) is 21.1. The lowest BCUT2D eigenvalue weighted by atomic mass is 9.80. The van der Waals surface area contributed by atoms with Crippen LogP contribution < -0.4 is 0 Å². The summed E-state index contributed by atoms with van der Waals surface area (Å²) in [4.78, 5) is 4.54. The van der Waals surface area contributed by atoms with Crippen LogP contribution in [0.5, 0.6) is 0 Å². The van der Waals surface area contributed by atoms with Gasteiger partial charge in [-0.1, -0.05) is 116 Å². The third kappa shape index (κ3) is 4.06. The van der Waals surface area contributed by atoms with E-state index in [0.29, 0.717) is 6.61 Å². The number of pyridine rings is 1. The first-order chi connectivity index (χ1) is 16.3. The van der Waals surface area contributed by atoms with E-state index in [1.807, 2.05) is 12.3 Å². The monoisotopic (exact) mass is 429 g/mol. The third-order valence-electron chi connectivity index (χ3n) is 6.30. The van der Waals surface area contributed by atoms with Crippen LogP contribution in [0.1, 0.15) is 35.1 Å². The maximum Gasteiger partial charge on any atom is 0.143 e. The van der Waals surface area contributed by atoms with Gasteiger partial charge < -0.3 is 4.74 Å². The minimum absolute atomic E-state index is 0.188. The Hall–Kier alpha value is -3.75. The summed E-state index contributed by atoms with van der Waals surface area (Å²) in [6, 6.07) is 42.0. The van der Waals surface area contributed by atoms with Crippen molar-refractivity contribution >= 4 is 10.9 Å². The van der Waals surface area contributed by atoms with Crippen molar-refractivity contribution in [2.24, 2.45) is 0 Å². The lowest BCUT2D eigenvalue weighted by molar-refractivity contribution is 0.00634. The van der Waals surface area contributed by atoms with E-state index >= 15 is 0 Å². The van der Waals surface area contributed by atoms with Crippen LogP contribution in [-0.2, 0) is 10.3 Å². The van der Waals surface area contributed by atoms with Crippen LogP contribution in [0.3, 0.4) is 0 Å². The van der Waals surface area contributed by atoms with Crippen molar-refractivity contribution in [2.45, 2.75) is 18.4 Å². The average molecular weight is 430 g/mol. The number of hydrogen-bond acceptors (Lipinski definition) is 2. The predicted molar refractivity (Wildman–Crippen MR) is 135 cm³/mol. The summed E-state index contributed by atoms with van der Waals surface area (Å²) in [5.74, 6) is 0.188.